The number of aliphatic hydroxyl groups excluding tert-OH is 1. The first-order valence-corrected chi connectivity index (χ1v) is 9.28. The lowest BCUT2D eigenvalue weighted by Gasteiger charge is -2.23. The van der Waals surface area contributed by atoms with Gasteiger partial charge in [-0.15, -0.1) is 13.2 Å². The third-order valence-corrected chi connectivity index (χ3v) is 4.90. The molecule has 0 aliphatic heterocycles. The summed E-state index contributed by atoms with van der Waals surface area (Å²) in [5.41, 5.74) is 2.06. The van der Waals surface area contributed by atoms with Crippen LogP contribution in [-0.2, 0) is 6.54 Å². The van der Waals surface area contributed by atoms with Crippen molar-refractivity contribution in [2.75, 3.05) is 19.6 Å². The Bertz CT molecular complexity index is 879. The predicted octanol–water partition coefficient (Wildman–Crippen LogP) is 5.14. The number of hydrogen-bond acceptors (Lipinski definition) is 2. The maximum Gasteiger partial charge on any atom is 0.0846 e. The third kappa shape index (κ3) is 3.97. The van der Waals surface area contributed by atoms with Gasteiger partial charge in [-0.05, 0) is 36.4 Å². The molecule has 0 saturated heterocycles. The van der Waals surface area contributed by atoms with E-state index in [1.807, 2.05) is 48.6 Å². The monoisotopic (exact) mass is 388 g/mol. The molecule has 5 heteroatoms. The molecule has 2 aromatic carbocycles. The molecule has 3 rings (SSSR count). The third-order valence-electron chi connectivity index (χ3n) is 4.43. The molecular weight excluding hydrogens is 367 g/mol. The summed E-state index contributed by atoms with van der Waals surface area (Å²) in [5.74, 6) is 0. The molecule has 0 radical (unpaired) electrons. The molecule has 0 spiro atoms. The van der Waals surface area contributed by atoms with Crippen molar-refractivity contribution in [2.45, 2.75) is 12.6 Å². The zero-order valence-corrected chi connectivity index (χ0v) is 16.0. The van der Waals surface area contributed by atoms with Crippen molar-refractivity contribution in [3.8, 4) is 0 Å². The van der Waals surface area contributed by atoms with Gasteiger partial charge in [-0.1, -0.05) is 35.4 Å². The van der Waals surface area contributed by atoms with Crippen molar-refractivity contribution < 1.29 is 5.11 Å². The van der Waals surface area contributed by atoms with Crippen molar-refractivity contribution in [2.24, 2.45) is 0 Å². The largest absolute Gasteiger partial charge is 0.390 e. The fourth-order valence-electron chi connectivity index (χ4n) is 3.40. The van der Waals surface area contributed by atoms with Gasteiger partial charge in [0.1, 0.15) is 0 Å². The van der Waals surface area contributed by atoms with Gasteiger partial charge in [-0.25, -0.2) is 0 Å². The highest BCUT2D eigenvalue weighted by Gasteiger charge is 2.16. The molecule has 1 unspecified atom stereocenters. The number of rotatable bonds is 8. The van der Waals surface area contributed by atoms with Crippen molar-refractivity contribution >= 4 is 45.0 Å². The molecule has 1 aromatic heterocycles. The Morgan fingerprint density at radius 2 is 1.46 bits per heavy atom. The van der Waals surface area contributed by atoms with Crippen molar-refractivity contribution in [3.63, 3.8) is 0 Å². The lowest BCUT2D eigenvalue weighted by molar-refractivity contribution is 0.111. The predicted molar refractivity (Wildman–Crippen MR) is 112 cm³/mol. The van der Waals surface area contributed by atoms with E-state index in [1.54, 1.807) is 0 Å². The highest BCUT2D eigenvalue weighted by atomic mass is 35.5. The quantitative estimate of drug-likeness (QED) is 0.541. The first-order valence-electron chi connectivity index (χ1n) is 8.52. The molecule has 3 aromatic rings. The highest BCUT2D eigenvalue weighted by molar-refractivity contribution is 6.33. The van der Waals surface area contributed by atoms with Crippen molar-refractivity contribution in [1.29, 1.82) is 0 Å². The van der Waals surface area contributed by atoms with Gasteiger partial charge in [0.25, 0.3) is 0 Å². The molecule has 136 valence electrons. The number of aliphatic hydroxyl groups is 1. The molecule has 0 amide bonds. The van der Waals surface area contributed by atoms with Crippen molar-refractivity contribution in [1.82, 2.24) is 9.47 Å². The van der Waals surface area contributed by atoms with Gasteiger partial charge in [-0.2, -0.15) is 0 Å². The van der Waals surface area contributed by atoms with Gasteiger partial charge < -0.3 is 9.67 Å². The molecule has 3 nitrogen and oxygen atoms in total. The highest BCUT2D eigenvalue weighted by Crippen LogP contribution is 2.33. The minimum atomic E-state index is -0.528. The van der Waals surface area contributed by atoms with Crippen LogP contribution in [0.2, 0.25) is 10.0 Å². The zero-order chi connectivity index (χ0) is 18.7. The maximum atomic E-state index is 10.7. The summed E-state index contributed by atoms with van der Waals surface area (Å²) in [6, 6.07) is 11.6. The molecule has 0 aliphatic rings. The SMILES string of the molecule is C=CCN(CC=C)CC(O)Cn1c2ccc(Cl)cc2c2cc(Cl)ccc21. The molecule has 1 heterocycles. The molecule has 0 fully saturated rings. The van der Waals surface area contributed by atoms with Crippen LogP contribution in [0.25, 0.3) is 21.8 Å². The summed E-state index contributed by atoms with van der Waals surface area (Å²) in [7, 11) is 0. The average molecular weight is 389 g/mol. The Kier molecular flexibility index (Phi) is 6.05. The number of halogens is 2. The van der Waals surface area contributed by atoms with Crippen molar-refractivity contribution in [3.05, 3.63) is 71.8 Å². The Hall–Kier alpha value is -1.78. The molecule has 0 aliphatic carbocycles. The summed E-state index contributed by atoms with van der Waals surface area (Å²) < 4.78 is 2.13. The van der Waals surface area contributed by atoms with Gasteiger partial charge in [-0.3, -0.25) is 4.90 Å². The van der Waals surface area contributed by atoms with Crippen LogP contribution in [0, 0.1) is 0 Å². The summed E-state index contributed by atoms with van der Waals surface area (Å²) in [4.78, 5) is 2.10. The van der Waals surface area contributed by atoms with E-state index in [0.717, 1.165) is 21.8 Å². The summed E-state index contributed by atoms with van der Waals surface area (Å²) in [5, 5.41) is 14.1. The Morgan fingerprint density at radius 1 is 0.962 bits per heavy atom. The van der Waals surface area contributed by atoms with E-state index in [2.05, 4.69) is 22.6 Å². The van der Waals surface area contributed by atoms with E-state index >= 15 is 0 Å². The van der Waals surface area contributed by atoms with Gasteiger partial charge in [0.15, 0.2) is 0 Å². The zero-order valence-electron chi connectivity index (χ0n) is 14.5. The maximum absolute atomic E-state index is 10.7. The standard InChI is InChI=1S/C21H22Cl2N2O/c1-3-9-24(10-4-2)13-17(26)14-25-20-7-5-15(22)11-18(20)19-12-16(23)6-8-21(19)25/h3-8,11-12,17,26H,1-2,9-10,13-14H2. The minimum absolute atomic E-state index is 0.480. The van der Waals surface area contributed by atoms with Crippen LogP contribution in [0.3, 0.4) is 0 Å². The first kappa shape index (κ1) is 19.0. The van der Waals surface area contributed by atoms with Crippen LogP contribution in [0.1, 0.15) is 0 Å². The fourth-order valence-corrected chi connectivity index (χ4v) is 3.74. The normalized spacial score (nSPS) is 12.8. The van der Waals surface area contributed by atoms with E-state index < -0.39 is 6.10 Å². The summed E-state index contributed by atoms with van der Waals surface area (Å²) in [6.45, 7) is 9.99. The number of benzene rings is 2. The van der Waals surface area contributed by atoms with Crippen LogP contribution in [-0.4, -0.2) is 40.3 Å². The second-order valence-corrected chi connectivity index (χ2v) is 7.26. The molecule has 1 N–H and O–H groups in total. The summed E-state index contributed by atoms with van der Waals surface area (Å²) >= 11 is 12.4. The van der Waals surface area contributed by atoms with Gasteiger partial charge in [0.05, 0.1) is 12.6 Å². The molecular formula is C21H22Cl2N2O. The van der Waals surface area contributed by atoms with Crippen LogP contribution >= 0.6 is 23.2 Å². The second kappa shape index (κ2) is 8.28. The average Bonchev–Trinajstić information content (AvgIpc) is 2.88. The Labute approximate surface area is 163 Å². The van der Waals surface area contributed by atoms with Gasteiger partial charge in [0, 0.05) is 51.5 Å². The first-order chi connectivity index (χ1) is 12.5. The molecule has 1 atom stereocenters. The molecule has 26 heavy (non-hydrogen) atoms. The Morgan fingerprint density at radius 3 is 1.92 bits per heavy atom. The van der Waals surface area contributed by atoms with E-state index in [-0.39, 0.29) is 0 Å². The van der Waals surface area contributed by atoms with Crippen LogP contribution < -0.4 is 0 Å². The van der Waals surface area contributed by atoms with E-state index in [0.29, 0.717) is 36.2 Å². The van der Waals surface area contributed by atoms with E-state index in [9.17, 15) is 5.11 Å². The molecule has 0 saturated carbocycles. The van der Waals surface area contributed by atoms with E-state index in [4.69, 9.17) is 23.2 Å². The smallest absolute Gasteiger partial charge is 0.0846 e. The van der Waals surface area contributed by atoms with Crippen LogP contribution in [0.5, 0.6) is 0 Å². The minimum Gasteiger partial charge on any atom is -0.390 e. The summed E-state index contributed by atoms with van der Waals surface area (Å²) in [6.07, 6.45) is 3.14. The number of fused-ring (bicyclic) bond motifs is 3. The second-order valence-electron chi connectivity index (χ2n) is 6.38. The van der Waals surface area contributed by atoms with E-state index in [1.165, 1.54) is 0 Å². The Balaban J connectivity index is 1.98. The van der Waals surface area contributed by atoms with Crippen LogP contribution in [0.15, 0.2) is 61.7 Å². The topological polar surface area (TPSA) is 28.4 Å². The number of aromatic nitrogens is 1. The molecule has 0 bridgehead atoms. The van der Waals surface area contributed by atoms with Crippen LogP contribution in [0.4, 0.5) is 0 Å². The van der Waals surface area contributed by atoms with Gasteiger partial charge in [0.2, 0.25) is 0 Å². The number of hydrogen-bond donors (Lipinski definition) is 1. The lowest BCUT2D eigenvalue weighted by atomic mass is 10.1. The van der Waals surface area contributed by atoms with Gasteiger partial charge >= 0.3 is 0 Å². The fraction of sp³-hybridized carbons (Fsp3) is 0.238. The lowest BCUT2D eigenvalue weighted by Crippen LogP contribution is -2.35. The number of nitrogens with zero attached hydrogens (tertiary/aromatic N) is 2.